The molecule has 0 aliphatic carbocycles. The first-order valence-corrected chi connectivity index (χ1v) is 6.90. The Morgan fingerprint density at radius 1 is 1.42 bits per heavy atom. The summed E-state index contributed by atoms with van der Waals surface area (Å²) in [6, 6.07) is 6.00. The van der Waals surface area contributed by atoms with Gasteiger partial charge in [0.2, 0.25) is 0 Å². The average molecular weight is 280 g/mol. The zero-order valence-corrected chi connectivity index (χ0v) is 13.1. The number of hydrogen-bond donors (Lipinski definition) is 2. The summed E-state index contributed by atoms with van der Waals surface area (Å²) < 4.78 is 5.15. The third-order valence-electron chi connectivity index (χ3n) is 3.26. The summed E-state index contributed by atoms with van der Waals surface area (Å²) in [5.74, 6) is 0. The van der Waals surface area contributed by atoms with Crippen LogP contribution in [0.1, 0.15) is 31.4 Å². The molecule has 3 nitrogen and oxygen atoms in total. The summed E-state index contributed by atoms with van der Waals surface area (Å²) in [7, 11) is 1.73. The monoisotopic (exact) mass is 280 g/mol. The molecule has 19 heavy (non-hydrogen) atoms. The van der Waals surface area contributed by atoms with E-state index >= 15 is 0 Å². The van der Waals surface area contributed by atoms with Crippen molar-refractivity contribution in [3.63, 3.8) is 0 Å². The van der Waals surface area contributed by atoms with Crippen LogP contribution in [0.4, 0.5) is 5.69 Å². The fraction of sp³-hybridized carbons (Fsp3) is 0.533. The predicted octanol–water partition coefficient (Wildman–Crippen LogP) is 3.10. The van der Waals surface area contributed by atoms with Crippen LogP contribution < -0.4 is 11.1 Å². The fourth-order valence-electron chi connectivity index (χ4n) is 1.90. The molecule has 0 radical (unpaired) electrons. The van der Waals surface area contributed by atoms with Crippen molar-refractivity contribution in [1.82, 2.24) is 0 Å². The van der Waals surface area contributed by atoms with E-state index in [1.165, 1.54) is 0 Å². The number of ether oxygens (including phenoxy) is 1. The second-order valence-electron chi connectivity index (χ2n) is 5.62. The average Bonchev–Trinajstić information content (AvgIpc) is 2.34. The highest BCUT2D eigenvalue weighted by Gasteiger charge is 2.18. The number of nitrogens with two attached hydrogens (primary N) is 1. The maximum absolute atomic E-state index is 5.77. The molecule has 0 spiro atoms. The zero-order chi connectivity index (χ0) is 14.5. The molecule has 1 rings (SSSR count). The fourth-order valence-corrected chi connectivity index (χ4v) is 2.07. The normalized spacial score (nSPS) is 11.4. The van der Waals surface area contributed by atoms with Crippen LogP contribution in [0.2, 0.25) is 0 Å². The smallest absolute Gasteiger partial charge is 0.106 e. The van der Waals surface area contributed by atoms with E-state index in [9.17, 15) is 0 Å². The van der Waals surface area contributed by atoms with E-state index in [1.807, 2.05) is 12.1 Å². The Labute approximate surface area is 121 Å². The van der Waals surface area contributed by atoms with E-state index in [0.29, 0.717) is 4.99 Å². The van der Waals surface area contributed by atoms with Gasteiger partial charge in [0.1, 0.15) is 4.99 Å². The van der Waals surface area contributed by atoms with Gasteiger partial charge in [-0.2, -0.15) is 0 Å². The van der Waals surface area contributed by atoms with Gasteiger partial charge in [-0.1, -0.05) is 38.2 Å². The first-order valence-electron chi connectivity index (χ1n) is 6.49. The first kappa shape index (κ1) is 15.9. The highest BCUT2D eigenvalue weighted by atomic mass is 32.1. The molecule has 0 aliphatic heterocycles. The van der Waals surface area contributed by atoms with Crippen LogP contribution >= 0.6 is 12.2 Å². The van der Waals surface area contributed by atoms with Gasteiger partial charge in [0.05, 0.1) is 0 Å². The van der Waals surface area contributed by atoms with Crippen molar-refractivity contribution in [2.75, 3.05) is 25.6 Å². The van der Waals surface area contributed by atoms with E-state index in [1.54, 1.807) is 7.11 Å². The number of para-hydroxylation sites is 1. The third-order valence-corrected chi connectivity index (χ3v) is 3.48. The number of nitrogens with one attached hydrogen (secondary N) is 1. The molecule has 0 saturated heterocycles. The van der Waals surface area contributed by atoms with E-state index in [4.69, 9.17) is 22.7 Å². The Hall–Kier alpha value is -1.13. The van der Waals surface area contributed by atoms with Gasteiger partial charge in [0, 0.05) is 31.5 Å². The van der Waals surface area contributed by atoms with Crippen molar-refractivity contribution in [3.8, 4) is 0 Å². The van der Waals surface area contributed by atoms with E-state index in [-0.39, 0.29) is 5.41 Å². The lowest BCUT2D eigenvalue weighted by Crippen LogP contribution is -2.26. The van der Waals surface area contributed by atoms with Gasteiger partial charge in [0.15, 0.2) is 0 Å². The standard InChI is InChI=1S/C15H24N2OS/c1-11-6-5-7-12(14(16)19)13(11)17-10-15(2,3)8-9-18-4/h5-7,17H,8-10H2,1-4H3,(H2,16,19). The third kappa shape index (κ3) is 4.80. The minimum Gasteiger partial charge on any atom is -0.389 e. The number of benzene rings is 1. The van der Waals surface area contributed by atoms with Crippen molar-refractivity contribution < 1.29 is 4.74 Å². The summed E-state index contributed by atoms with van der Waals surface area (Å²) in [5, 5.41) is 3.49. The topological polar surface area (TPSA) is 47.3 Å². The molecular formula is C15H24N2OS. The molecule has 3 N–H and O–H groups in total. The lowest BCUT2D eigenvalue weighted by atomic mass is 9.89. The van der Waals surface area contributed by atoms with Crippen LogP contribution in [0, 0.1) is 12.3 Å². The summed E-state index contributed by atoms with van der Waals surface area (Å²) in [6.07, 6.45) is 1.00. The molecule has 0 heterocycles. The van der Waals surface area contributed by atoms with Gasteiger partial charge >= 0.3 is 0 Å². The van der Waals surface area contributed by atoms with Crippen LogP contribution in [-0.4, -0.2) is 25.2 Å². The van der Waals surface area contributed by atoms with Crippen molar-refractivity contribution in [2.24, 2.45) is 11.1 Å². The molecule has 1 aromatic rings. The van der Waals surface area contributed by atoms with E-state index in [2.05, 4.69) is 32.2 Å². The number of anilines is 1. The van der Waals surface area contributed by atoms with Gasteiger partial charge in [-0.25, -0.2) is 0 Å². The van der Waals surface area contributed by atoms with Crippen LogP contribution in [0.5, 0.6) is 0 Å². The second kappa shape index (κ2) is 6.87. The summed E-state index contributed by atoms with van der Waals surface area (Å²) >= 11 is 5.10. The lowest BCUT2D eigenvalue weighted by molar-refractivity contribution is 0.157. The molecule has 0 atom stereocenters. The van der Waals surface area contributed by atoms with Crippen LogP contribution in [0.15, 0.2) is 18.2 Å². The van der Waals surface area contributed by atoms with Gasteiger partial charge < -0.3 is 15.8 Å². The molecule has 0 fully saturated rings. The highest BCUT2D eigenvalue weighted by molar-refractivity contribution is 7.80. The van der Waals surface area contributed by atoms with Crippen LogP contribution in [0.3, 0.4) is 0 Å². The first-order chi connectivity index (χ1) is 8.87. The largest absolute Gasteiger partial charge is 0.389 e. The summed E-state index contributed by atoms with van der Waals surface area (Å²) in [5.41, 5.74) is 9.05. The molecule has 106 valence electrons. The van der Waals surface area contributed by atoms with Crippen LogP contribution in [0.25, 0.3) is 0 Å². The number of aryl methyl sites for hydroxylation is 1. The van der Waals surface area contributed by atoms with Crippen molar-refractivity contribution in [2.45, 2.75) is 27.2 Å². The van der Waals surface area contributed by atoms with Crippen molar-refractivity contribution >= 4 is 22.9 Å². The summed E-state index contributed by atoms with van der Waals surface area (Å²) in [4.78, 5) is 0.431. The molecule has 0 saturated carbocycles. The molecule has 0 bridgehead atoms. The minimum atomic E-state index is 0.159. The molecule has 1 aromatic carbocycles. The Bertz CT molecular complexity index is 444. The zero-order valence-electron chi connectivity index (χ0n) is 12.2. The minimum absolute atomic E-state index is 0.159. The molecule has 0 aromatic heterocycles. The molecule has 0 unspecified atom stereocenters. The van der Waals surface area contributed by atoms with E-state index in [0.717, 1.165) is 36.4 Å². The number of methoxy groups -OCH3 is 1. The molecule has 0 aliphatic rings. The Balaban J connectivity index is 2.80. The Morgan fingerprint density at radius 2 is 2.11 bits per heavy atom. The second-order valence-corrected chi connectivity index (χ2v) is 6.06. The molecular weight excluding hydrogens is 256 g/mol. The number of hydrogen-bond acceptors (Lipinski definition) is 3. The number of rotatable bonds is 7. The van der Waals surface area contributed by atoms with Crippen molar-refractivity contribution in [3.05, 3.63) is 29.3 Å². The van der Waals surface area contributed by atoms with Gasteiger partial charge in [-0.15, -0.1) is 0 Å². The van der Waals surface area contributed by atoms with Gasteiger partial charge in [-0.05, 0) is 30.4 Å². The van der Waals surface area contributed by atoms with Gasteiger partial charge in [-0.3, -0.25) is 0 Å². The van der Waals surface area contributed by atoms with E-state index < -0.39 is 0 Å². The quantitative estimate of drug-likeness (QED) is 0.753. The summed E-state index contributed by atoms with van der Waals surface area (Å²) in [6.45, 7) is 8.13. The molecule has 4 heteroatoms. The highest BCUT2D eigenvalue weighted by Crippen LogP contribution is 2.25. The Kier molecular flexibility index (Phi) is 5.76. The molecule has 0 amide bonds. The number of thiocarbonyl (C=S) groups is 1. The maximum atomic E-state index is 5.77. The predicted molar refractivity (Wildman–Crippen MR) is 85.8 cm³/mol. The lowest BCUT2D eigenvalue weighted by Gasteiger charge is -2.26. The van der Waals surface area contributed by atoms with Crippen LogP contribution in [-0.2, 0) is 4.74 Å². The van der Waals surface area contributed by atoms with Crippen molar-refractivity contribution in [1.29, 1.82) is 0 Å². The SMILES string of the molecule is COCCC(C)(C)CNc1c(C)cccc1C(N)=S. The van der Waals surface area contributed by atoms with Gasteiger partial charge in [0.25, 0.3) is 0 Å². The maximum Gasteiger partial charge on any atom is 0.106 e. The Morgan fingerprint density at radius 3 is 2.68 bits per heavy atom.